The molecule has 11 heteroatoms. The molecule has 6 rings (SSSR count). The molecule has 4 aromatic rings. The molecular weight excluding hydrogens is 482 g/mol. The van der Waals surface area contributed by atoms with Gasteiger partial charge in [0.15, 0.2) is 5.65 Å². The molecule has 2 fully saturated rings. The molecular formula is C27H23N9O2. The molecule has 3 aromatic heterocycles. The van der Waals surface area contributed by atoms with Gasteiger partial charge in [-0.25, -0.2) is 19.6 Å². The minimum atomic E-state index is -0.355. The highest BCUT2D eigenvalue weighted by molar-refractivity contribution is 6.04. The van der Waals surface area contributed by atoms with Crippen LogP contribution in [0.15, 0.2) is 61.6 Å². The summed E-state index contributed by atoms with van der Waals surface area (Å²) in [4.78, 5) is 39.8. The molecule has 2 bridgehead atoms. The second kappa shape index (κ2) is 9.08. The number of nitrogen functional groups attached to an aromatic ring is 1. The van der Waals surface area contributed by atoms with Gasteiger partial charge in [-0.1, -0.05) is 18.7 Å². The molecule has 1 saturated heterocycles. The van der Waals surface area contributed by atoms with E-state index >= 15 is 0 Å². The van der Waals surface area contributed by atoms with Gasteiger partial charge < -0.3 is 16.0 Å². The summed E-state index contributed by atoms with van der Waals surface area (Å²) in [5, 5.41) is 17.3. The maximum absolute atomic E-state index is 12.8. The number of fused-ring (bicyclic) bond motifs is 3. The number of rotatable bonds is 5. The van der Waals surface area contributed by atoms with Crippen LogP contribution < -0.4 is 11.1 Å². The number of aromatic nitrogens is 5. The van der Waals surface area contributed by atoms with E-state index in [0.717, 1.165) is 24.9 Å². The first-order valence-corrected chi connectivity index (χ1v) is 12.2. The molecule has 38 heavy (non-hydrogen) atoms. The number of carbonyl (C=O) groups is 2. The molecule has 3 unspecified atom stereocenters. The molecule has 3 N–H and O–H groups in total. The number of nitrogens with one attached hydrogen (secondary N) is 1. The van der Waals surface area contributed by atoms with Crippen LogP contribution >= 0.6 is 0 Å². The van der Waals surface area contributed by atoms with Crippen molar-refractivity contribution in [3.8, 4) is 17.3 Å². The van der Waals surface area contributed by atoms with Crippen molar-refractivity contribution in [3.05, 3.63) is 72.7 Å². The summed E-state index contributed by atoms with van der Waals surface area (Å²) < 4.78 is 1.88. The number of amides is 2. The van der Waals surface area contributed by atoms with E-state index < -0.39 is 0 Å². The number of benzene rings is 1. The number of hydrogen-bond acceptors (Lipinski definition) is 8. The standard InChI is InChI=1S/C27H23N9O2/c1-2-22(37)35-13-16-9-19(35)20(10-16)36-26-23(25(29)31-14-32-26)24(34-36)17-3-5-18(6-4-17)27(38)33-21-11-15(12-28)7-8-30-21/h2-8,11,14,16,19-20H,1,9-10,13H2,(H2,29,31,32)(H,30,33,38). The molecule has 2 aliphatic rings. The van der Waals surface area contributed by atoms with Gasteiger partial charge in [0.1, 0.15) is 23.7 Å². The number of nitrogens with two attached hydrogens (primary N) is 1. The highest BCUT2D eigenvalue weighted by Crippen LogP contribution is 2.46. The highest BCUT2D eigenvalue weighted by atomic mass is 16.2. The van der Waals surface area contributed by atoms with Crippen LogP contribution in [0.3, 0.4) is 0 Å². The van der Waals surface area contributed by atoms with Crippen molar-refractivity contribution in [3.63, 3.8) is 0 Å². The fraction of sp³-hybridized carbons (Fsp3) is 0.222. The van der Waals surface area contributed by atoms with Gasteiger partial charge in [-0.2, -0.15) is 10.4 Å². The SMILES string of the molecule is C=CC(=O)N1CC2CC1C(n1nc(-c3ccc(C(=O)Nc4cc(C#N)ccn4)cc3)c3c(N)ncnc31)C2. The lowest BCUT2D eigenvalue weighted by Crippen LogP contribution is -2.42. The molecule has 188 valence electrons. The lowest BCUT2D eigenvalue weighted by Gasteiger charge is -2.32. The zero-order chi connectivity index (χ0) is 26.4. The number of carbonyl (C=O) groups excluding carboxylic acids is 2. The van der Waals surface area contributed by atoms with Crippen molar-refractivity contribution >= 4 is 34.5 Å². The first kappa shape index (κ1) is 23.3. The van der Waals surface area contributed by atoms with Gasteiger partial charge in [-0.15, -0.1) is 0 Å². The van der Waals surface area contributed by atoms with Crippen LogP contribution in [0.4, 0.5) is 11.6 Å². The van der Waals surface area contributed by atoms with Crippen molar-refractivity contribution in [2.45, 2.75) is 24.9 Å². The number of likely N-dealkylation sites (tertiary alicyclic amines) is 1. The summed E-state index contributed by atoms with van der Waals surface area (Å²) in [5.74, 6) is 0.575. The summed E-state index contributed by atoms with van der Waals surface area (Å²) in [7, 11) is 0. The smallest absolute Gasteiger partial charge is 0.256 e. The molecule has 1 aliphatic carbocycles. The average Bonchev–Trinajstić information content (AvgIpc) is 3.66. The molecule has 1 aromatic carbocycles. The van der Waals surface area contributed by atoms with Crippen molar-refractivity contribution in [2.75, 3.05) is 17.6 Å². The topological polar surface area (TPSA) is 156 Å². The monoisotopic (exact) mass is 505 g/mol. The van der Waals surface area contributed by atoms with Gasteiger partial charge in [0.2, 0.25) is 5.91 Å². The number of piperidine rings is 1. The Morgan fingerprint density at radius 2 is 1.92 bits per heavy atom. The van der Waals surface area contributed by atoms with E-state index in [-0.39, 0.29) is 23.9 Å². The maximum Gasteiger partial charge on any atom is 0.256 e. The van der Waals surface area contributed by atoms with Crippen LogP contribution in [0.25, 0.3) is 22.3 Å². The van der Waals surface area contributed by atoms with Gasteiger partial charge in [0, 0.05) is 23.9 Å². The third-order valence-corrected chi connectivity index (χ3v) is 7.29. The summed E-state index contributed by atoms with van der Waals surface area (Å²) in [6.07, 6.45) is 6.05. The van der Waals surface area contributed by atoms with Gasteiger partial charge in [0.25, 0.3) is 5.91 Å². The predicted octanol–water partition coefficient (Wildman–Crippen LogP) is 2.94. The minimum Gasteiger partial charge on any atom is -0.383 e. The zero-order valence-electron chi connectivity index (χ0n) is 20.3. The van der Waals surface area contributed by atoms with E-state index in [1.165, 1.54) is 24.7 Å². The quantitative estimate of drug-likeness (QED) is 0.392. The average molecular weight is 506 g/mol. The van der Waals surface area contributed by atoms with Crippen LogP contribution in [-0.4, -0.2) is 54.0 Å². The Morgan fingerprint density at radius 1 is 1.13 bits per heavy atom. The van der Waals surface area contributed by atoms with Gasteiger partial charge in [-0.3, -0.25) is 9.59 Å². The summed E-state index contributed by atoms with van der Waals surface area (Å²) in [6, 6.07) is 12.0. The number of nitriles is 1. The van der Waals surface area contributed by atoms with Gasteiger partial charge >= 0.3 is 0 Å². The Morgan fingerprint density at radius 3 is 2.66 bits per heavy atom. The normalized spacial score (nSPS) is 19.9. The second-order valence-corrected chi connectivity index (χ2v) is 9.49. The number of hydrogen-bond donors (Lipinski definition) is 2. The Kier molecular flexibility index (Phi) is 5.57. The second-order valence-electron chi connectivity index (χ2n) is 9.49. The number of pyridine rings is 1. The molecule has 1 aliphatic heterocycles. The lowest BCUT2D eigenvalue weighted by atomic mass is 10.1. The highest BCUT2D eigenvalue weighted by Gasteiger charge is 2.48. The van der Waals surface area contributed by atoms with Crippen LogP contribution in [0, 0.1) is 17.2 Å². The fourth-order valence-corrected chi connectivity index (χ4v) is 5.59. The van der Waals surface area contributed by atoms with E-state index in [0.29, 0.717) is 45.4 Å². The van der Waals surface area contributed by atoms with E-state index in [1.807, 2.05) is 15.7 Å². The van der Waals surface area contributed by atoms with Crippen molar-refractivity contribution in [1.82, 2.24) is 29.6 Å². The zero-order valence-corrected chi connectivity index (χ0v) is 20.3. The van der Waals surface area contributed by atoms with Crippen LogP contribution in [-0.2, 0) is 4.79 Å². The summed E-state index contributed by atoms with van der Waals surface area (Å²) in [5.41, 5.74) is 9.08. The van der Waals surface area contributed by atoms with E-state index in [2.05, 4.69) is 26.8 Å². The van der Waals surface area contributed by atoms with Gasteiger partial charge in [0.05, 0.1) is 29.1 Å². The Bertz CT molecular complexity index is 1640. The minimum absolute atomic E-state index is 0.0110. The maximum atomic E-state index is 12.8. The van der Waals surface area contributed by atoms with E-state index in [9.17, 15) is 9.59 Å². The molecule has 0 radical (unpaired) electrons. The lowest BCUT2D eigenvalue weighted by molar-refractivity contribution is -0.128. The van der Waals surface area contributed by atoms with Crippen molar-refractivity contribution < 1.29 is 9.59 Å². The van der Waals surface area contributed by atoms with Crippen LogP contribution in [0.5, 0.6) is 0 Å². The fourth-order valence-electron chi connectivity index (χ4n) is 5.59. The molecule has 3 atom stereocenters. The van der Waals surface area contributed by atoms with E-state index in [4.69, 9.17) is 16.1 Å². The third kappa shape index (κ3) is 3.83. The van der Waals surface area contributed by atoms with Crippen LogP contribution in [0.1, 0.15) is 34.8 Å². The summed E-state index contributed by atoms with van der Waals surface area (Å²) >= 11 is 0. The predicted molar refractivity (Wildman–Crippen MR) is 140 cm³/mol. The number of nitrogens with zero attached hydrogens (tertiary/aromatic N) is 7. The Balaban J connectivity index is 1.32. The molecule has 0 spiro atoms. The summed E-state index contributed by atoms with van der Waals surface area (Å²) in [6.45, 7) is 4.38. The molecule has 2 amide bonds. The Labute approximate surface area is 217 Å². The largest absolute Gasteiger partial charge is 0.383 e. The number of anilines is 2. The van der Waals surface area contributed by atoms with Gasteiger partial charge in [-0.05, 0) is 49.1 Å². The van der Waals surface area contributed by atoms with Crippen LogP contribution in [0.2, 0.25) is 0 Å². The molecule has 4 heterocycles. The van der Waals surface area contributed by atoms with Crippen molar-refractivity contribution in [1.29, 1.82) is 5.26 Å². The Hall–Kier alpha value is -5.11. The molecule has 1 saturated carbocycles. The first-order valence-electron chi connectivity index (χ1n) is 12.2. The first-order chi connectivity index (χ1) is 18.5. The molecule has 11 nitrogen and oxygen atoms in total. The third-order valence-electron chi connectivity index (χ3n) is 7.29. The van der Waals surface area contributed by atoms with Crippen molar-refractivity contribution in [2.24, 2.45) is 5.92 Å². The van der Waals surface area contributed by atoms with E-state index in [1.54, 1.807) is 30.3 Å².